The van der Waals surface area contributed by atoms with Gasteiger partial charge in [-0.05, 0) is 56.3 Å². The maximum atomic E-state index is 13.6. The van der Waals surface area contributed by atoms with Crippen molar-refractivity contribution in [3.05, 3.63) is 34.6 Å². The third-order valence-electron chi connectivity index (χ3n) is 4.30. The van der Waals surface area contributed by atoms with Gasteiger partial charge in [-0.25, -0.2) is 4.39 Å². The van der Waals surface area contributed by atoms with Gasteiger partial charge in [0.15, 0.2) is 0 Å². The highest BCUT2D eigenvalue weighted by molar-refractivity contribution is 5.86. The van der Waals surface area contributed by atoms with Crippen molar-refractivity contribution in [2.45, 2.75) is 58.5 Å². The number of benzene rings is 1. The molecule has 3 nitrogen and oxygen atoms in total. The lowest BCUT2D eigenvalue weighted by atomic mass is 9.90. The van der Waals surface area contributed by atoms with Crippen molar-refractivity contribution in [2.24, 2.45) is 0 Å². The van der Waals surface area contributed by atoms with Gasteiger partial charge in [0, 0.05) is 6.54 Å². The van der Waals surface area contributed by atoms with Crippen LogP contribution in [0.3, 0.4) is 0 Å². The summed E-state index contributed by atoms with van der Waals surface area (Å²) in [5, 5.41) is 6.38. The standard InChI is InChI=1S/C17H25FN2O/c1-4-6-17(7-5-8-20-17)16(21)19-11-14-9-12(2)15(18)13(3)10-14/h9-10,20H,4-8,11H2,1-3H3,(H,19,21). The van der Waals surface area contributed by atoms with Crippen molar-refractivity contribution in [2.75, 3.05) is 6.54 Å². The fourth-order valence-corrected chi connectivity index (χ4v) is 3.24. The summed E-state index contributed by atoms with van der Waals surface area (Å²) in [6.45, 7) is 6.97. The zero-order chi connectivity index (χ0) is 15.5. The molecule has 1 aliphatic rings. The molecule has 1 atom stereocenters. The van der Waals surface area contributed by atoms with Gasteiger partial charge in [0.2, 0.25) is 5.91 Å². The minimum atomic E-state index is -0.404. The molecule has 1 aromatic rings. The molecule has 2 rings (SSSR count). The number of hydrogen-bond acceptors (Lipinski definition) is 2. The molecule has 1 aromatic carbocycles. The summed E-state index contributed by atoms with van der Waals surface area (Å²) in [4.78, 5) is 12.5. The Morgan fingerprint density at radius 1 is 1.38 bits per heavy atom. The highest BCUT2D eigenvalue weighted by Crippen LogP contribution is 2.25. The first-order valence-corrected chi connectivity index (χ1v) is 7.77. The van der Waals surface area contributed by atoms with E-state index in [1.807, 2.05) is 0 Å². The summed E-state index contributed by atoms with van der Waals surface area (Å²) in [6.07, 6.45) is 3.78. The number of carbonyl (C=O) groups excluding carboxylic acids is 1. The van der Waals surface area contributed by atoms with Crippen LogP contribution in [0.4, 0.5) is 4.39 Å². The summed E-state index contributed by atoms with van der Waals surface area (Å²) in [7, 11) is 0. The Bertz CT molecular complexity index is 499. The van der Waals surface area contributed by atoms with Crippen molar-refractivity contribution in [1.29, 1.82) is 0 Å². The average Bonchev–Trinajstić information content (AvgIpc) is 2.92. The van der Waals surface area contributed by atoms with Gasteiger partial charge in [0.05, 0.1) is 5.54 Å². The Morgan fingerprint density at radius 2 is 2.05 bits per heavy atom. The minimum absolute atomic E-state index is 0.0708. The third-order valence-corrected chi connectivity index (χ3v) is 4.30. The molecule has 1 amide bonds. The molecule has 1 heterocycles. The smallest absolute Gasteiger partial charge is 0.240 e. The maximum Gasteiger partial charge on any atom is 0.240 e. The van der Waals surface area contributed by atoms with E-state index in [0.717, 1.165) is 37.8 Å². The number of halogens is 1. The van der Waals surface area contributed by atoms with Gasteiger partial charge in [0.25, 0.3) is 0 Å². The Hall–Kier alpha value is -1.42. The fourth-order valence-electron chi connectivity index (χ4n) is 3.24. The van der Waals surface area contributed by atoms with Crippen LogP contribution in [-0.4, -0.2) is 18.0 Å². The number of carbonyl (C=O) groups is 1. The van der Waals surface area contributed by atoms with Crippen LogP contribution >= 0.6 is 0 Å². The first-order valence-electron chi connectivity index (χ1n) is 7.77. The first kappa shape index (κ1) is 16.0. The van der Waals surface area contributed by atoms with Crippen LogP contribution in [0.15, 0.2) is 12.1 Å². The van der Waals surface area contributed by atoms with E-state index < -0.39 is 5.54 Å². The second-order valence-electron chi connectivity index (χ2n) is 6.09. The lowest BCUT2D eigenvalue weighted by Crippen LogP contribution is -2.53. The predicted molar refractivity (Wildman–Crippen MR) is 82.6 cm³/mol. The topological polar surface area (TPSA) is 41.1 Å². The second kappa shape index (κ2) is 6.56. The molecule has 2 N–H and O–H groups in total. The van der Waals surface area contributed by atoms with E-state index >= 15 is 0 Å². The Labute approximate surface area is 126 Å². The summed E-state index contributed by atoms with van der Waals surface area (Å²) >= 11 is 0. The zero-order valence-corrected chi connectivity index (χ0v) is 13.2. The lowest BCUT2D eigenvalue weighted by Gasteiger charge is -2.28. The number of hydrogen-bond donors (Lipinski definition) is 2. The first-order chi connectivity index (χ1) is 9.98. The van der Waals surface area contributed by atoms with E-state index in [-0.39, 0.29) is 11.7 Å². The molecule has 0 aliphatic carbocycles. The molecule has 116 valence electrons. The SMILES string of the molecule is CCCC1(C(=O)NCc2cc(C)c(F)c(C)c2)CCCN1. The number of amides is 1. The van der Waals surface area contributed by atoms with Crippen LogP contribution in [0, 0.1) is 19.7 Å². The number of nitrogens with one attached hydrogen (secondary N) is 2. The number of aryl methyl sites for hydroxylation is 2. The molecule has 1 aliphatic heterocycles. The highest BCUT2D eigenvalue weighted by Gasteiger charge is 2.39. The van der Waals surface area contributed by atoms with Crippen LogP contribution in [0.25, 0.3) is 0 Å². The zero-order valence-electron chi connectivity index (χ0n) is 13.2. The molecule has 4 heteroatoms. The molecule has 1 fully saturated rings. The van der Waals surface area contributed by atoms with Crippen LogP contribution in [0.5, 0.6) is 0 Å². The second-order valence-corrected chi connectivity index (χ2v) is 6.09. The average molecular weight is 292 g/mol. The van der Waals surface area contributed by atoms with Crippen molar-refractivity contribution >= 4 is 5.91 Å². The quantitative estimate of drug-likeness (QED) is 0.876. The van der Waals surface area contributed by atoms with Gasteiger partial charge in [-0.15, -0.1) is 0 Å². The fraction of sp³-hybridized carbons (Fsp3) is 0.588. The molecular weight excluding hydrogens is 267 g/mol. The third kappa shape index (κ3) is 3.43. The largest absolute Gasteiger partial charge is 0.350 e. The normalized spacial score (nSPS) is 21.5. The van der Waals surface area contributed by atoms with Crippen LogP contribution in [0.1, 0.15) is 49.3 Å². The molecule has 0 aromatic heterocycles. The molecule has 0 radical (unpaired) electrons. The van der Waals surface area contributed by atoms with Gasteiger partial charge in [-0.1, -0.05) is 25.5 Å². The monoisotopic (exact) mass is 292 g/mol. The lowest BCUT2D eigenvalue weighted by molar-refractivity contribution is -0.127. The van der Waals surface area contributed by atoms with E-state index in [4.69, 9.17) is 0 Å². The van der Waals surface area contributed by atoms with Crippen LogP contribution in [-0.2, 0) is 11.3 Å². The van der Waals surface area contributed by atoms with Gasteiger partial charge in [-0.2, -0.15) is 0 Å². The molecule has 1 saturated heterocycles. The van der Waals surface area contributed by atoms with Crippen molar-refractivity contribution in [3.8, 4) is 0 Å². The van der Waals surface area contributed by atoms with Gasteiger partial charge >= 0.3 is 0 Å². The molecule has 21 heavy (non-hydrogen) atoms. The van der Waals surface area contributed by atoms with Crippen LogP contribution < -0.4 is 10.6 Å². The molecule has 0 saturated carbocycles. The predicted octanol–water partition coefficient (Wildman–Crippen LogP) is 2.98. The summed E-state index contributed by atoms with van der Waals surface area (Å²) in [6, 6.07) is 3.61. The Morgan fingerprint density at radius 3 is 2.57 bits per heavy atom. The van der Waals surface area contributed by atoms with Gasteiger partial charge in [-0.3, -0.25) is 4.79 Å². The minimum Gasteiger partial charge on any atom is -0.350 e. The van der Waals surface area contributed by atoms with Crippen LogP contribution in [0.2, 0.25) is 0 Å². The Kier molecular flexibility index (Phi) is 4.99. The summed E-state index contributed by atoms with van der Waals surface area (Å²) in [5.74, 6) is -0.0912. The van der Waals surface area contributed by atoms with Crippen molar-refractivity contribution in [1.82, 2.24) is 10.6 Å². The van der Waals surface area contributed by atoms with Gasteiger partial charge < -0.3 is 10.6 Å². The molecule has 0 spiro atoms. The van der Waals surface area contributed by atoms with E-state index in [2.05, 4.69) is 17.6 Å². The molecule has 0 bridgehead atoms. The number of rotatable bonds is 5. The Balaban J connectivity index is 2.03. The summed E-state index contributed by atoms with van der Waals surface area (Å²) < 4.78 is 13.6. The highest BCUT2D eigenvalue weighted by atomic mass is 19.1. The van der Waals surface area contributed by atoms with E-state index in [0.29, 0.717) is 17.7 Å². The maximum absolute atomic E-state index is 13.6. The van der Waals surface area contributed by atoms with Crippen molar-refractivity contribution < 1.29 is 9.18 Å². The van der Waals surface area contributed by atoms with E-state index in [9.17, 15) is 9.18 Å². The molecular formula is C17H25FN2O. The molecule has 1 unspecified atom stereocenters. The van der Waals surface area contributed by atoms with E-state index in [1.54, 1.807) is 26.0 Å². The van der Waals surface area contributed by atoms with Crippen molar-refractivity contribution in [3.63, 3.8) is 0 Å². The summed E-state index contributed by atoms with van der Waals surface area (Å²) in [5.41, 5.74) is 1.80. The van der Waals surface area contributed by atoms with Gasteiger partial charge in [0.1, 0.15) is 5.82 Å². The van der Waals surface area contributed by atoms with E-state index in [1.165, 1.54) is 0 Å².